The average molecular weight is 380 g/mol. The van der Waals surface area contributed by atoms with E-state index in [0.29, 0.717) is 11.3 Å². The molecule has 146 valence electrons. The Bertz CT molecular complexity index is 1000. The summed E-state index contributed by atoms with van der Waals surface area (Å²) in [4.78, 5) is 24.4. The first-order chi connectivity index (χ1) is 13.2. The number of aromatic nitrogens is 2. The van der Waals surface area contributed by atoms with Crippen molar-refractivity contribution in [1.82, 2.24) is 20.6 Å². The predicted octanol–water partition coefficient (Wildman–Crippen LogP) is 3.02. The van der Waals surface area contributed by atoms with E-state index in [1.807, 2.05) is 63.2 Å². The fraction of sp³-hybridized carbons (Fsp3) is 0.286. The summed E-state index contributed by atoms with van der Waals surface area (Å²) in [5.41, 5.74) is 4.90. The van der Waals surface area contributed by atoms with Gasteiger partial charge in [-0.3, -0.25) is 25.1 Å². The second-order valence-corrected chi connectivity index (χ2v) is 7.56. The molecule has 0 aliphatic heterocycles. The molecule has 0 spiro atoms. The molecule has 0 aliphatic carbocycles. The van der Waals surface area contributed by atoms with Gasteiger partial charge in [-0.05, 0) is 50.6 Å². The van der Waals surface area contributed by atoms with E-state index in [-0.39, 0.29) is 5.54 Å². The minimum Gasteiger partial charge on any atom is -0.481 e. The number of amides is 2. The van der Waals surface area contributed by atoms with Gasteiger partial charge in [-0.2, -0.15) is 5.10 Å². The number of carbonyl (C=O) groups is 2. The maximum atomic E-state index is 12.2. The monoisotopic (exact) mass is 380 g/mol. The minimum atomic E-state index is -0.779. The van der Waals surface area contributed by atoms with Gasteiger partial charge in [-0.1, -0.05) is 30.3 Å². The molecule has 28 heavy (non-hydrogen) atoms. The van der Waals surface area contributed by atoms with Crippen molar-refractivity contribution in [2.45, 2.75) is 39.3 Å². The van der Waals surface area contributed by atoms with Crippen molar-refractivity contribution in [3.05, 3.63) is 60.4 Å². The molecule has 3 aromatic rings. The summed E-state index contributed by atoms with van der Waals surface area (Å²) < 4.78 is 7.38. The Kier molecular flexibility index (Phi) is 5.35. The van der Waals surface area contributed by atoms with Crippen molar-refractivity contribution in [1.29, 1.82) is 0 Å². The van der Waals surface area contributed by atoms with Crippen LogP contribution in [-0.4, -0.2) is 27.7 Å². The lowest BCUT2D eigenvalue weighted by Gasteiger charge is -2.18. The molecule has 1 heterocycles. The van der Waals surface area contributed by atoms with Crippen LogP contribution in [0.2, 0.25) is 0 Å². The van der Waals surface area contributed by atoms with Crippen molar-refractivity contribution >= 4 is 22.6 Å². The molecule has 1 unspecified atom stereocenters. The summed E-state index contributed by atoms with van der Waals surface area (Å²) in [7, 11) is 0. The van der Waals surface area contributed by atoms with Crippen LogP contribution < -0.4 is 15.6 Å². The van der Waals surface area contributed by atoms with E-state index >= 15 is 0 Å². The zero-order chi connectivity index (χ0) is 20.3. The Morgan fingerprint density at radius 1 is 1.07 bits per heavy atom. The van der Waals surface area contributed by atoms with Crippen LogP contribution in [0.5, 0.6) is 5.75 Å². The average Bonchev–Trinajstić information content (AvgIpc) is 3.16. The van der Waals surface area contributed by atoms with Gasteiger partial charge in [0.05, 0.1) is 17.3 Å². The van der Waals surface area contributed by atoms with E-state index in [1.165, 1.54) is 6.20 Å². The van der Waals surface area contributed by atoms with Crippen molar-refractivity contribution in [3.63, 3.8) is 0 Å². The number of fused-ring (bicyclic) bond motifs is 1. The van der Waals surface area contributed by atoms with Gasteiger partial charge in [0.2, 0.25) is 0 Å². The van der Waals surface area contributed by atoms with Gasteiger partial charge in [-0.25, -0.2) is 0 Å². The molecule has 1 atom stereocenters. The van der Waals surface area contributed by atoms with Crippen LogP contribution in [0.3, 0.4) is 0 Å². The second-order valence-electron chi connectivity index (χ2n) is 7.56. The molecule has 0 fully saturated rings. The number of rotatable bonds is 4. The van der Waals surface area contributed by atoms with Crippen molar-refractivity contribution in [2.75, 3.05) is 0 Å². The summed E-state index contributed by atoms with van der Waals surface area (Å²) >= 11 is 0. The van der Waals surface area contributed by atoms with Crippen molar-refractivity contribution in [2.24, 2.45) is 0 Å². The van der Waals surface area contributed by atoms with Gasteiger partial charge in [0.25, 0.3) is 11.8 Å². The highest BCUT2D eigenvalue weighted by atomic mass is 16.5. The van der Waals surface area contributed by atoms with E-state index in [4.69, 9.17) is 4.74 Å². The van der Waals surface area contributed by atoms with E-state index in [9.17, 15) is 9.59 Å². The van der Waals surface area contributed by atoms with Gasteiger partial charge >= 0.3 is 0 Å². The van der Waals surface area contributed by atoms with Crippen LogP contribution in [0.4, 0.5) is 0 Å². The molecule has 2 N–H and O–H groups in total. The number of hydrogen-bond acceptors (Lipinski definition) is 4. The lowest BCUT2D eigenvalue weighted by atomic mass is 10.1. The van der Waals surface area contributed by atoms with Gasteiger partial charge in [-0.15, -0.1) is 0 Å². The minimum absolute atomic E-state index is 0.232. The standard InChI is InChI=1S/C21H24N4O3/c1-14(28-18-10-9-15-7-5-6-8-16(15)11-18)19(26)23-24-20(27)17-12-22-25(13-17)21(2,3)4/h5-14H,1-4H3,(H,23,26)(H,24,27). The normalized spacial score (nSPS) is 12.4. The quantitative estimate of drug-likeness (QED) is 0.682. The van der Waals surface area contributed by atoms with Crippen molar-refractivity contribution < 1.29 is 14.3 Å². The first-order valence-electron chi connectivity index (χ1n) is 9.05. The smallest absolute Gasteiger partial charge is 0.279 e. The van der Waals surface area contributed by atoms with Crippen LogP contribution in [0.15, 0.2) is 54.9 Å². The summed E-state index contributed by atoms with van der Waals surface area (Å²) in [6.45, 7) is 7.56. The largest absolute Gasteiger partial charge is 0.481 e. The first-order valence-corrected chi connectivity index (χ1v) is 9.05. The number of carbonyl (C=O) groups excluding carboxylic acids is 2. The molecule has 0 saturated carbocycles. The molecule has 0 bridgehead atoms. The van der Waals surface area contributed by atoms with Crippen LogP contribution in [0.1, 0.15) is 38.1 Å². The summed E-state index contributed by atoms with van der Waals surface area (Å²) in [5.74, 6) is -0.314. The number of benzene rings is 2. The Balaban J connectivity index is 1.56. The molecule has 0 saturated heterocycles. The summed E-state index contributed by atoms with van der Waals surface area (Å²) in [6, 6.07) is 13.5. The van der Waals surface area contributed by atoms with E-state index < -0.39 is 17.9 Å². The lowest BCUT2D eigenvalue weighted by Crippen LogP contribution is -2.47. The topological polar surface area (TPSA) is 85.2 Å². The predicted molar refractivity (Wildman–Crippen MR) is 107 cm³/mol. The van der Waals surface area contributed by atoms with Crippen LogP contribution in [0, 0.1) is 0 Å². The lowest BCUT2D eigenvalue weighted by molar-refractivity contribution is -0.128. The third kappa shape index (κ3) is 4.49. The fourth-order valence-electron chi connectivity index (χ4n) is 2.60. The molecule has 1 aromatic heterocycles. The molecule has 2 amide bonds. The van der Waals surface area contributed by atoms with E-state index in [1.54, 1.807) is 17.8 Å². The zero-order valence-corrected chi connectivity index (χ0v) is 16.4. The highest BCUT2D eigenvalue weighted by Crippen LogP contribution is 2.21. The zero-order valence-electron chi connectivity index (χ0n) is 16.4. The van der Waals surface area contributed by atoms with Gasteiger partial charge in [0.15, 0.2) is 6.10 Å². The molecule has 2 aromatic carbocycles. The second kappa shape index (κ2) is 7.72. The Labute approximate surface area is 163 Å². The maximum Gasteiger partial charge on any atom is 0.279 e. The SMILES string of the molecule is CC(Oc1ccc2ccccc2c1)C(=O)NNC(=O)c1cnn(C(C)(C)C)c1. The molecule has 0 aliphatic rings. The van der Waals surface area contributed by atoms with Crippen LogP contribution in [0.25, 0.3) is 10.8 Å². The first kappa shape index (κ1) is 19.4. The summed E-state index contributed by atoms with van der Waals surface area (Å²) in [6.07, 6.45) is 2.32. The number of hydrogen-bond donors (Lipinski definition) is 2. The van der Waals surface area contributed by atoms with Crippen LogP contribution >= 0.6 is 0 Å². The molecule has 7 heteroatoms. The molecule has 0 radical (unpaired) electrons. The number of nitrogens with zero attached hydrogens (tertiary/aromatic N) is 2. The highest BCUT2D eigenvalue weighted by molar-refractivity contribution is 5.95. The third-order valence-electron chi connectivity index (χ3n) is 4.23. The molecule has 7 nitrogen and oxygen atoms in total. The van der Waals surface area contributed by atoms with Crippen LogP contribution in [-0.2, 0) is 10.3 Å². The Morgan fingerprint density at radius 2 is 1.79 bits per heavy atom. The highest BCUT2D eigenvalue weighted by Gasteiger charge is 2.19. The number of hydrazine groups is 1. The van der Waals surface area contributed by atoms with Gasteiger partial charge in [0.1, 0.15) is 5.75 Å². The molecule has 3 rings (SSSR count). The van der Waals surface area contributed by atoms with E-state index in [0.717, 1.165) is 10.8 Å². The van der Waals surface area contributed by atoms with Gasteiger partial charge < -0.3 is 4.74 Å². The Hall–Kier alpha value is -3.35. The number of nitrogens with one attached hydrogen (secondary N) is 2. The maximum absolute atomic E-state index is 12.2. The van der Waals surface area contributed by atoms with Gasteiger partial charge in [0, 0.05) is 6.20 Å². The van der Waals surface area contributed by atoms with E-state index in [2.05, 4.69) is 16.0 Å². The Morgan fingerprint density at radius 3 is 2.46 bits per heavy atom. The fourth-order valence-corrected chi connectivity index (χ4v) is 2.60. The number of ether oxygens (including phenoxy) is 1. The summed E-state index contributed by atoms with van der Waals surface area (Å²) in [5, 5.41) is 6.29. The third-order valence-corrected chi connectivity index (χ3v) is 4.23. The molecular formula is C21H24N4O3. The van der Waals surface area contributed by atoms with Crippen molar-refractivity contribution in [3.8, 4) is 5.75 Å². The molecular weight excluding hydrogens is 356 g/mol.